The largest absolute Gasteiger partial charge is 0.507 e. The van der Waals surface area contributed by atoms with Crippen LogP contribution in [0.3, 0.4) is 0 Å². The summed E-state index contributed by atoms with van der Waals surface area (Å²) in [4.78, 5) is 12.8. The van der Waals surface area contributed by atoms with Crippen LogP contribution in [0.2, 0.25) is 0 Å². The highest BCUT2D eigenvalue weighted by Crippen LogP contribution is 2.40. The number of hydrogen-bond acceptors (Lipinski definition) is 17. The Hall–Kier alpha value is -3.75. The summed E-state index contributed by atoms with van der Waals surface area (Å²) in [6, 6.07) is 5.13. The maximum atomic E-state index is 12.8. The van der Waals surface area contributed by atoms with E-state index in [1.54, 1.807) is 0 Å². The maximum absolute atomic E-state index is 12.8. The fourth-order valence-electron chi connectivity index (χ4n) is 4.99. The number of fused-ring (bicyclic) bond motifs is 1. The minimum Gasteiger partial charge on any atom is -0.507 e. The highest BCUT2D eigenvalue weighted by atomic mass is 16.7. The van der Waals surface area contributed by atoms with E-state index in [2.05, 4.69) is 0 Å². The molecule has 0 saturated carbocycles. The van der Waals surface area contributed by atoms with Crippen LogP contribution in [-0.2, 0) is 14.2 Å². The third-order valence-electron chi connectivity index (χ3n) is 7.35. The molecule has 2 saturated heterocycles. The van der Waals surface area contributed by atoms with E-state index in [0.717, 1.165) is 30.3 Å². The minimum absolute atomic E-state index is 0.00648. The molecule has 3 heterocycles. The van der Waals surface area contributed by atoms with Crippen molar-refractivity contribution in [2.75, 3.05) is 13.2 Å². The predicted molar refractivity (Wildman–Crippen MR) is 142 cm³/mol. The second-order valence-electron chi connectivity index (χ2n) is 10.3. The van der Waals surface area contributed by atoms with Crippen molar-refractivity contribution in [2.45, 2.75) is 61.4 Å². The quantitative estimate of drug-likeness (QED) is 0.119. The van der Waals surface area contributed by atoms with Crippen molar-refractivity contribution in [1.29, 1.82) is 0 Å². The summed E-state index contributed by atoms with van der Waals surface area (Å²) in [6.45, 7) is -1.57. The van der Waals surface area contributed by atoms with Gasteiger partial charge in [0.15, 0.2) is 29.0 Å². The van der Waals surface area contributed by atoms with Crippen LogP contribution in [-0.4, -0.2) is 131 Å². The van der Waals surface area contributed by atoms with E-state index in [4.69, 9.17) is 23.4 Å². The first-order valence-corrected chi connectivity index (χ1v) is 13.2. The number of aromatic hydroxyl groups is 4. The Bertz CT molecular complexity index is 1530. The number of phenolic OH excluding ortho intramolecular Hbond substituents is 4. The first kappa shape index (κ1) is 31.7. The Morgan fingerprint density at radius 3 is 1.93 bits per heavy atom. The number of aliphatic hydroxyl groups excluding tert-OH is 7. The van der Waals surface area contributed by atoms with Gasteiger partial charge in [-0.15, -0.1) is 0 Å². The Kier molecular flexibility index (Phi) is 8.87. The molecule has 17 nitrogen and oxygen atoms in total. The van der Waals surface area contributed by atoms with Gasteiger partial charge in [0.1, 0.15) is 77.1 Å². The standard InChI is InChI=1S/C27H30O17/c28-6-16-20(35)21(36)23(38)27(42-16)44-25-17(7-29)43-26(24(39)22(25)37)40-9-3-10(30)18-11(31)5-14(41-15(18)4-9)8-1-12(32)19(34)13(33)2-8/h1-5,16-17,20-30,32-39H,6-7H2/t16-,17-,20-,21+,22-,23-,24-,25-,26-,27+/m1/s1. The Morgan fingerprint density at radius 1 is 0.682 bits per heavy atom. The van der Waals surface area contributed by atoms with Gasteiger partial charge in [0, 0.05) is 23.8 Å². The van der Waals surface area contributed by atoms with E-state index < -0.39 is 103 Å². The number of rotatable bonds is 7. The fraction of sp³-hybridized carbons (Fsp3) is 0.444. The number of hydrogen-bond donors (Lipinski definition) is 11. The Labute approximate surface area is 246 Å². The molecule has 44 heavy (non-hydrogen) atoms. The van der Waals surface area contributed by atoms with Crippen LogP contribution in [0.25, 0.3) is 22.3 Å². The minimum atomic E-state index is -1.90. The van der Waals surface area contributed by atoms with Gasteiger partial charge in [0.25, 0.3) is 0 Å². The van der Waals surface area contributed by atoms with Crippen LogP contribution in [0.4, 0.5) is 0 Å². The number of ether oxygens (including phenoxy) is 4. The lowest BCUT2D eigenvalue weighted by atomic mass is 9.97. The first-order valence-electron chi connectivity index (χ1n) is 13.2. The molecule has 2 fully saturated rings. The lowest BCUT2D eigenvalue weighted by molar-refractivity contribution is -0.352. The zero-order valence-corrected chi connectivity index (χ0v) is 22.4. The van der Waals surface area contributed by atoms with Gasteiger partial charge in [0.05, 0.1) is 13.2 Å². The van der Waals surface area contributed by atoms with Gasteiger partial charge in [-0.3, -0.25) is 4.79 Å². The van der Waals surface area contributed by atoms with Crippen molar-refractivity contribution in [1.82, 2.24) is 0 Å². The average Bonchev–Trinajstić information content (AvgIpc) is 2.98. The molecule has 3 aromatic rings. The topological polar surface area (TPSA) is 290 Å². The van der Waals surface area contributed by atoms with Crippen molar-refractivity contribution in [3.63, 3.8) is 0 Å². The van der Waals surface area contributed by atoms with Gasteiger partial charge < -0.3 is 79.5 Å². The summed E-state index contributed by atoms with van der Waals surface area (Å²) in [5.41, 5.74) is -0.980. The van der Waals surface area contributed by atoms with Crippen molar-refractivity contribution < 1.29 is 79.5 Å². The Morgan fingerprint density at radius 2 is 1.30 bits per heavy atom. The molecular formula is C27H30O17. The lowest BCUT2D eigenvalue weighted by Crippen LogP contribution is -2.65. The first-order chi connectivity index (χ1) is 20.8. The molecule has 0 amide bonds. The second kappa shape index (κ2) is 12.3. The summed E-state index contributed by atoms with van der Waals surface area (Å²) in [5, 5.41) is 111. The summed E-state index contributed by atoms with van der Waals surface area (Å²) >= 11 is 0. The van der Waals surface area contributed by atoms with Gasteiger partial charge in [0.2, 0.25) is 6.29 Å². The van der Waals surface area contributed by atoms with Gasteiger partial charge >= 0.3 is 0 Å². The van der Waals surface area contributed by atoms with Crippen LogP contribution in [0.15, 0.2) is 39.5 Å². The van der Waals surface area contributed by atoms with E-state index >= 15 is 0 Å². The summed E-state index contributed by atoms with van der Waals surface area (Å²) < 4.78 is 27.6. The zero-order valence-electron chi connectivity index (χ0n) is 22.4. The molecule has 0 bridgehead atoms. The summed E-state index contributed by atoms with van der Waals surface area (Å²) in [6.07, 6.45) is -16.9. The number of benzene rings is 2. The summed E-state index contributed by atoms with van der Waals surface area (Å²) in [7, 11) is 0. The van der Waals surface area contributed by atoms with Crippen molar-refractivity contribution in [3.05, 3.63) is 40.6 Å². The average molecular weight is 627 g/mol. The monoisotopic (exact) mass is 626 g/mol. The van der Waals surface area contributed by atoms with Crippen LogP contribution in [0, 0.1) is 0 Å². The van der Waals surface area contributed by atoms with Crippen LogP contribution in [0.5, 0.6) is 28.7 Å². The maximum Gasteiger partial charge on any atom is 0.229 e. The third-order valence-corrected chi connectivity index (χ3v) is 7.35. The van der Waals surface area contributed by atoms with Gasteiger partial charge in [-0.1, -0.05) is 0 Å². The van der Waals surface area contributed by atoms with E-state index in [-0.39, 0.29) is 28.0 Å². The molecule has 2 aliphatic heterocycles. The molecule has 11 N–H and O–H groups in total. The van der Waals surface area contributed by atoms with E-state index in [9.17, 15) is 61.0 Å². The smallest absolute Gasteiger partial charge is 0.229 e. The SMILES string of the molecule is O=c1cc(-c2cc(O)c(O)c(O)c2)oc2cc(O[C@@H]3O[C@H](CO)[C@@H](O[C@@H]4O[C@H](CO)[C@@H](O)[C@H](O)[C@H]4O)[C@H](O)[C@H]3O)cc(O)c12. The number of phenols is 4. The molecule has 5 rings (SSSR count). The molecule has 17 heteroatoms. The molecule has 0 radical (unpaired) electrons. The van der Waals surface area contributed by atoms with E-state index in [1.807, 2.05) is 0 Å². The molecule has 1 aromatic heterocycles. The molecule has 10 atom stereocenters. The zero-order chi connectivity index (χ0) is 32.0. The second-order valence-corrected chi connectivity index (χ2v) is 10.3. The van der Waals surface area contributed by atoms with Gasteiger partial charge in [-0.05, 0) is 12.1 Å². The normalized spacial score (nSPS) is 32.5. The molecule has 0 aliphatic carbocycles. The molecule has 240 valence electrons. The predicted octanol–water partition coefficient (Wildman–Crippen LogP) is -2.71. The number of aliphatic hydroxyl groups is 7. The molecular weight excluding hydrogens is 596 g/mol. The highest BCUT2D eigenvalue weighted by molar-refractivity contribution is 5.86. The van der Waals surface area contributed by atoms with Crippen LogP contribution in [0.1, 0.15) is 0 Å². The molecule has 2 aromatic carbocycles. The third kappa shape index (κ3) is 5.73. The Balaban J connectivity index is 1.39. The lowest BCUT2D eigenvalue weighted by Gasteiger charge is -2.45. The highest BCUT2D eigenvalue weighted by Gasteiger charge is 2.51. The van der Waals surface area contributed by atoms with Gasteiger partial charge in [-0.25, -0.2) is 0 Å². The fourth-order valence-corrected chi connectivity index (χ4v) is 4.99. The van der Waals surface area contributed by atoms with Crippen molar-refractivity contribution in [2.24, 2.45) is 0 Å². The molecule has 2 aliphatic rings. The van der Waals surface area contributed by atoms with E-state index in [1.165, 1.54) is 0 Å². The van der Waals surface area contributed by atoms with Crippen LogP contribution >= 0.6 is 0 Å². The molecule has 0 unspecified atom stereocenters. The summed E-state index contributed by atoms with van der Waals surface area (Å²) in [5.74, 6) is -3.22. The van der Waals surface area contributed by atoms with E-state index in [0.29, 0.717) is 0 Å². The van der Waals surface area contributed by atoms with Gasteiger partial charge in [-0.2, -0.15) is 0 Å². The van der Waals surface area contributed by atoms with Crippen molar-refractivity contribution >= 4 is 11.0 Å². The van der Waals surface area contributed by atoms with Crippen LogP contribution < -0.4 is 10.2 Å². The van der Waals surface area contributed by atoms with Crippen molar-refractivity contribution in [3.8, 4) is 40.1 Å². The molecule has 0 spiro atoms.